The van der Waals surface area contributed by atoms with Crippen molar-refractivity contribution >= 4 is 34.6 Å². The van der Waals surface area contributed by atoms with Crippen molar-refractivity contribution in [3.05, 3.63) is 69.2 Å². The van der Waals surface area contributed by atoms with Crippen molar-refractivity contribution in [2.24, 2.45) is 0 Å². The number of carbonyl (C=O) groups excluding carboxylic acids is 1. The Kier molecular flexibility index (Phi) is 3.56. The normalized spacial score (nSPS) is 11.3. The predicted molar refractivity (Wildman–Crippen MR) is 83.3 cm³/mol. The summed E-state index contributed by atoms with van der Waals surface area (Å²) in [6.45, 7) is 0. The molecule has 0 saturated heterocycles. The smallest absolute Gasteiger partial charge is 0.417 e. The zero-order chi connectivity index (χ0) is 15.7. The highest BCUT2D eigenvalue weighted by Crippen LogP contribution is 2.24. The van der Waals surface area contributed by atoms with Crippen LogP contribution in [-0.2, 0) is 0 Å². The van der Waals surface area contributed by atoms with Gasteiger partial charge in [0.25, 0.3) is 0 Å². The van der Waals surface area contributed by atoms with E-state index >= 15 is 0 Å². The van der Waals surface area contributed by atoms with Crippen molar-refractivity contribution in [2.75, 3.05) is 0 Å². The molecule has 0 bridgehead atoms. The SMILES string of the molecule is O=C(/C=C/c1ccc(O)c(Cl)c1)c1cccc2[nH]c(=O)oc12. The molecule has 2 aromatic carbocycles. The third kappa shape index (κ3) is 2.66. The van der Waals surface area contributed by atoms with Crippen LogP contribution in [0.2, 0.25) is 5.02 Å². The van der Waals surface area contributed by atoms with Gasteiger partial charge in [0.1, 0.15) is 5.75 Å². The molecule has 0 spiro atoms. The molecule has 5 nitrogen and oxygen atoms in total. The number of aromatic amines is 1. The lowest BCUT2D eigenvalue weighted by Crippen LogP contribution is -1.95. The monoisotopic (exact) mass is 315 g/mol. The number of halogens is 1. The number of carbonyl (C=O) groups is 1. The van der Waals surface area contributed by atoms with Crippen molar-refractivity contribution in [3.8, 4) is 5.75 Å². The number of benzene rings is 2. The van der Waals surface area contributed by atoms with Crippen molar-refractivity contribution in [3.63, 3.8) is 0 Å². The number of allylic oxidation sites excluding steroid dienone is 1. The topological polar surface area (TPSA) is 83.3 Å². The molecule has 0 aliphatic rings. The Balaban J connectivity index is 1.94. The Morgan fingerprint density at radius 3 is 2.86 bits per heavy atom. The number of oxazole rings is 1. The molecule has 6 heteroatoms. The van der Waals surface area contributed by atoms with Crippen LogP contribution < -0.4 is 5.76 Å². The van der Waals surface area contributed by atoms with Crippen molar-refractivity contribution in [2.45, 2.75) is 0 Å². The van der Waals surface area contributed by atoms with Crippen LogP contribution in [0.4, 0.5) is 0 Å². The van der Waals surface area contributed by atoms with E-state index in [9.17, 15) is 14.7 Å². The Morgan fingerprint density at radius 1 is 1.27 bits per heavy atom. The van der Waals surface area contributed by atoms with Crippen molar-refractivity contribution in [1.29, 1.82) is 0 Å². The van der Waals surface area contributed by atoms with Gasteiger partial charge >= 0.3 is 5.76 Å². The molecule has 0 saturated carbocycles. The maximum Gasteiger partial charge on any atom is 0.417 e. The van der Waals surface area contributed by atoms with Gasteiger partial charge in [-0.15, -0.1) is 0 Å². The van der Waals surface area contributed by atoms with E-state index in [0.717, 1.165) is 0 Å². The van der Waals surface area contributed by atoms with Crippen molar-refractivity contribution < 1.29 is 14.3 Å². The van der Waals surface area contributed by atoms with E-state index in [-0.39, 0.29) is 27.7 Å². The largest absolute Gasteiger partial charge is 0.506 e. The zero-order valence-corrected chi connectivity index (χ0v) is 11.9. The van der Waals surface area contributed by atoms with Gasteiger partial charge in [-0.1, -0.05) is 29.8 Å². The van der Waals surface area contributed by atoms with Crippen LogP contribution in [0.15, 0.2) is 51.7 Å². The van der Waals surface area contributed by atoms with Gasteiger partial charge < -0.3 is 9.52 Å². The zero-order valence-electron chi connectivity index (χ0n) is 11.2. The van der Waals surface area contributed by atoms with Crippen LogP contribution in [0.5, 0.6) is 5.75 Å². The van der Waals surface area contributed by atoms with E-state index in [1.165, 1.54) is 18.2 Å². The number of aromatic nitrogens is 1. The molecular weight excluding hydrogens is 306 g/mol. The summed E-state index contributed by atoms with van der Waals surface area (Å²) < 4.78 is 4.99. The Hall–Kier alpha value is -2.79. The molecule has 0 amide bonds. The Labute approximate surface area is 129 Å². The molecule has 1 heterocycles. The van der Waals surface area contributed by atoms with Crippen LogP contribution in [0, 0.1) is 0 Å². The summed E-state index contributed by atoms with van der Waals surface area (Å²) in [5.74, 6) is -0.939. The van der Waals surface area contributed by atoms with Gasteiger partial charge in [0.2, 0.25) is 0 Å². The molecular formula is C16H10ClNO4. The highest BCUT2D eigenvalue weighted by atomic mass is 35.5. The van der Waals surface area contributed by atoms with Gasteiger partial charge in [-0.05, 0) is 35.9 Å². The lowest BCUT2D eigenvalue weighted by molar-refractivity contribution is 0.104. The summed E-state index contributed by atoms with van der Waals surface area (Å²) in [5, 5.41) is 9.55. The fourth-order valence-electron chi connectivity index (χ4n) is 2.06. The average Bonchev–Trinajstić information content (AvgIpc) is 2.88. The van der Waals surface area contributed by atoms with E-state index in [2.05, 4.69) is 4.98 Å². The summed E-state index contributed by atoms with van der Waals surface area (Å²) in [6, 6.07) is 9.50. The first-order chi connectivity index (χ1) is 10.5. The number of nitrogens with one attached hydrogen (secondary N) is 1. The highest BCUT2D eigenvalue weighted by molar-refractivity contribution is 6.32. The molecule has 0 aliphatic heterocycles. The second-order valence-corrected chi connectivity index (χ2v) is 5.01. The molecule has 0 radical (unpaired) electrons. The molecule has 1 aromatic heterocycles. The molecule has 0 atom stereocenters. The van der Waals surface area contributed by atoms with Crippen LogP contribution in [0.1, 0.15) is 15.9 Å². The number of fused-ring (bicyclic) bond motifs is 1. The standard InChI is InChI=1S/C16H10ClNO4/c17-11-8-9(5-7-14(11)20)4-6-13(19)10-2-1-3-12-15(10)22-16(21)18-12/h1-8,20H,(H,18,21)/b6-4+. The van der Waals surface area contributed by atoms with Gasteiger partial charge in [-0.3, -0.25) is 9.78 Å². The number of ketones is 1. The molecule has 2 N–H and O–H groups in total. The summed E-state index contributed by atoms with van der Waals surface area (Å²) >= 11 is 5.80. The van der Waals surface area contributed by atoms with Gasteiger partial charge in [-0.2, -0.15) is 0 Å². The number of H-pyrrole nitrogens is 1. The number of aromatic hydroxyl groups is 1. The molecule has 110 valence electrons. The fraction of sp³-hybridized carbons (Fsp3) is 0. The van der Waals surface area contributed by atoms with Gasteiger partial charge in [0, 0.05) is 0 Å². The second kappa shape index (κ2) is 5.54. The first kappa shape index (κ1) is 14.2. The molecule has 3 aromatic rings. The number of phenolic OH excluding ortho intramolecular Hbond substituents is 1. The molecule has 22 heavy (non-hydrogen) atoms. The van der Waals surface area contributed by atoms with E-state index in [4.69, 9.17) is 16.0 Å². The lowest BCUT2D eigenvalue weighted by Gasteiger charge is -1.99. The van der Waals surface area contributed by atoms with E-state index < -0.39 is 5.76 Å². The predicted octanol–water partition coefficient (Wildman–Crippen LogP) is 3.38. The van der Waals surface area contributed by atoms with E-state index in [1.807, 2.05) is 0 Å². The van der Waals surface area contributed by atoms with Crippen molar-refractivity contribution in [1.82, 2.24) is 4.98 Å². The quantitative estimate of drug-likeness (QED) is 0.573. The first-order valence-electron chi connectivity index (χ1n) is 6.37. The summed E-state index contributed by atoms with van der Waals surface area (Å²) in [5.41, 5.74) is 1.65. The van der Waals surface area contributed by atoms with Crippen LogP contribution >= 0.6 is 11.6 Å². The van der Waals surface area contributed by atoms with Gasteiger partial charge in [0.05, 0.1) is 16.1 Å². The Morgan fingerprint density at radius 2 is 2.09 bits per heavy atom. The summed E-state index contributed by atoms with van der Waals surface area (Å²) in [7, 11) is 0. The third-order valence-electron chi connectivity index (χ3n) is 3.11. The van der Waals surface area contributed by atoms with E-state index in [0.29, 0.717) is 11.1 Å². The minimum Gasteiger partial charge on any atom is -0.506 e. The lowest BCUT2D eigenvalue weighted by atomic mass is 10.1. The number of para-hydroxylation sites is 1. The Bertz CT molecular complexity index is 952. The van der Waals surface area contributed by atoms with Crippen LogP contribution in [-0.4, -0.2) is 15.9 Å². The van der Waals surface area contributed by atoms with Gasteiger partial charge in [0.15, 0.2) is 11.4 Å². The molecule has 0 unspecified atom stereocenters. The minimum absolute atomic E-state index is 0.0241. The number of phenols is 1. The third-order valence-corrected chi connectivity index (χ3v) is 3.41. The molecule has 0 aliphatic carbocycles. The fourth-order valence-corrected chi connectivity index (χ4v) is 2.25. The number of hydrogen-bond acceptors (Lipinski definition) is 4. The maximum atomic E-state index is 12.2. The molecule has 0 fully saturated rings. The van der Waals surface area contributed by atoms with Crippen LogP contribution in [0.3, 0.4) is 0 Å². The molecule has 3 rings (SSSR count). The minimum atomic E-state index is -0.607. The van der Waals surface area contributed by atoms with Gasteiger partial charge in [-0.25, -0.2) is 4.79 Å². The van der Waals surface area contributed by atoms with E-state index in [1.54, 1.807) is 30.3 Å². The van der Waals surface area contributed by atoms with Crippen LogP contribution in [0.25, 0.3) is 17.2 Å². The highest BCUT2D eigenvalue weighted by Gasteiger charge is 2.11. The average molecular weight is 316 g/mol. The second-order valence-electron chi connectivity index (χ2n) is 4.61. The first-order valence-corrected chi connectivity index (χ1v) is 6.75. The maximum absolute atomic E-state index is 12.2. The summed E-state index contributed by atoms with van der Waals surface area (Å²) in [4.78, 5) is 26.0. The number of rotatable bonds is 3. The summed E-state index contributed by atoms with van der Waals surface area (Å²) in [6.07, 6.45) is 2.92. The number of hydrogen-bond donors (Lipinski definition) is 2.